The van der Waals surface area contributed by atoms with E-state index in [1.807, 2.05) is 7.05 Å². The Kier molecular flexibility index (Phi) is 3.81. The Labute approximate surface area is 106 Å². The van der Waals surface area contributed by atoms with Gasteiger partial charge >= 0.3 is 0 Å². The number of halogens is 1. The number of carbonyl (C=O) groups excluding carboxylic acids is 1. The van der Waals surface area contributed by atoms with Crippen molar-refractivity contribution >= 4 is 5.91 Å². The number of methoxy groups -OCH3 is 1. The van der Waals surface area contributed by atoms with Crippen LogP contribution in [0.2, 0.25) is 0 Å². The van der Waals surface area contributed by atoms with Crippen molar-refractivity contribution in [1.29, 1.82) is 0 Å². The fourth-order valence-electron chi connectivity index (χ4n) is 1.99. The van der Waals surface area contributed by atoms with E-state index >= 15 is 0 Å². The molecule has 2 rings (SSSR count). The summed E-state index contributed by atoms with van der Waals surface area (Å²) < 4.78 is 18.4. The Balaban J connectivity index is 2.11. The van der Waals surface area contributed by atoms with E-state index in [4.69, 9.17) is 4.74 Å². The second-order valence-electron chi connectivity index (χ2n) is 4.44. The average Bonchev–Trinajstić information content (AvgIpc) is 2.38. The third-order valence-corrected chi connectivity index (χ3v) is 3.19. The zero-order valence-electron chi connectivity index (χ0n) is 10.6. The third kappa shape index (κ3) is 2.61. The molecule has 0 saturated carbocycles. The van der Waals surface area contributed by atoms with Crippen LogP contribution in [0.15, 0.2) is 18.2 Å². The van der Waals surface area contributed by atoms with Crippen LogP contribution in [-0.2, 0) is 0 Å². The Morgan fingerprint density at radius 3 is 2.50 bits per heavy atom. The van der Waals surface area contributed by atoms with Gasteiger partial charge in [-0.05, 0) is 25.2 Å². The standard InChI is InChI=1S/C13H17FN2O2/c1-15-5-7-16(8-6-15)13(17)10-3-4-12(18-2)11(14)9-10/h3-4,9H,5-8H2,1-2H3. The highest BCUT2D eigenvalue weighted by molar-refractivity contribution is 5.94. The van der Waals surface area contributed by atoms with Crippen molar-refractivity contribution in [2.45, 2.75) is 0 Å². The first-order valence-electron chi connectivity index (χ1n) is 5.93. The zero-order valence-corrected chi connectivity index (χ0v) is 10.6. The number of hydrogen-bond acceptors (Lipinski definition) is 3. The van der Waals surface area contributed by atoms with Crippen LogP contribution in [0.4, 0.5) is 4.39 Å². The number of amides is 1. The monoisotopic (exact) mass is 252 g/mol. The van der Waals surface area contributed by atoms with E-state index in [-0.39, 0.29) is 11.7 Å². The molecule has 1 aromatic carbocycles. The number of likely N-dealkylation sites (N-methyl/N-ethyl adjacent to an activating group) is 1. The van der Waals surface area contributed by atoms with Gasteiger partial charge in [0.2, 0.25) is 0 Å². The molecule has 1 aromatic rings. The number of rotatable bonds is 2. The predicted molar refractivity (Wildman–Crippen MR) is 66.4 cm³/mol. The lowest BCUT2D eigenvalue weighted by Crippen LogP contribution is -2.47. The summed E-state index contributed by atoms with van der Waals surface area (Å²) in [5, 5.41) is 0. The molecule has 1 aliphatic rings. The van der Waals surface area contributed by atoms with Crippen LogP contribution in [0.1, 0.15) is 10.4 Å². The Morgan fingerprint density at radius 2 is 1.94 bits per heavy atom. The Hall–Kier alpha value is -1.62. The average molecular weight is 252 g/mol. The summed E-state index contributed by atoms with van der Waals surface area (Å²) in [7, 11) is 3.43. The van der Waals surface area contributed by atoms with Gasteiger partial charge in [-0.2, -0.15) is 0 Å². The Morgan fingerprint density at radius 1 is 1.28 bits per heavy atom. The normalized spacial score (nSPS) is 16.7. The minimum absolute atomic E-state index is 0.121. The molecule has 0 aliphatic carbocycles. The second-order valence-corrected chi connectivity index (χ2v) is 4.44. The molecule has 0 atom stereocenters. The van der Waals surface area contributed by atoms with Crippen LogP contribution < -0.4 is 4.74 Å². The van der Waals surface area contributed by atoms with Crippen LogP contribution in [0.3, 0.4) is 0 Å². The van der Waals surface area contributed by atoms with Crippen molar-refractivity contribution in [3.05, 3.63) is 29.6 Å². The third-order valence-electron chi connectivity index (χ3n) is 3.19. The molecule has 0 bridgehead atoms. The fraction of sp³-hybridized carbons (Fsp3) is 0.462. The summed E-state index contributed by atoms with van der Waals surface area (Å²) in [5.74, 6) is -0.466. The molecule has 4 nitrogen and oxygen atoms in total. The highest BCUT2D eigenvalue weighted by atomic mass is 19.1. The minimum Gasteiger partial charge on any atom is -0.494 e. The number of benzene rings is 1. The first kappa shape index (κ1) is 12.8. The quantitative estimate of drug-likeness (QED) is 0.793. The van der Waals surface area contributed by atoms with Gasteiger partial charge < -0.3 is 14.5 Å². The van der Waals surface area contributed by atoms with Gasteiger partial charge in [-0.25, -0.2) is 4.39 Å². The van der Waals surface area contributed by atoms with Crippen molar-refractivity contribution in [3.63, 3.8) is 0 Å². The topological polar surface area (TPSA) is 32.8 Å². The summed E-state index contributed by atoms with van der Waals surface area (Å²) in [6.07, 6.45) is 0. The van der Waals surface area contributed by atoms with E-state index < -0.39 is 5.82 Å². The summed E-state index contributed by atoms with van der Waals surface area (Å²) in [4.78, 5) is 16.1. The van der Waals surface area contributed by atoms with Gasteiger partial charge in [0, 0.05) is 31.7 Å². The van der Waals surface area contributed by atoms with Crippen LogP contribution >= 0.6 is 0 Å². The van der Waals surface area contributed by atoms with Gasteiger partial charge in [0.05, 0.1) is 7.11 Å². The molecule has 0 spiro atoms. The lowest BCUT2D eigenvalue weighted by Gasteiger charge is -2.32. The van der Waals surface area contributed by atoms with Gasteiger partial charge in [-0.1, -0.05) is 0 Å². The van der Waals surface area contributed by atoms with Gasteiger partial charge in [0.15, 0.2) is 11.6 Å². The molecule has 1 amide bonds. The molecule has 18 heavy (non-hydrogen) atoms. The van der Waals surface area contributed by atoms with E-state index in [1.54, 1.807) is 11.0 Å². The van der Waals surface area contributed by atoms with E-state index in [9.17, 15) is 9.18 Å². The molecule has 0 N–H and O–H groups in total. The van der Waals surface area contributed by atoms with Crippen molar-refractivity contribution in [1.82, 2.24) is 9.80 Å². The number of piperazine rings is 1. The number of nitrogens with zero attached hydrogens (tertiary/aromatic N) is 2. The highest BCUT2D eigenvalue weighted by Gasteiger charge is 2.21. The summed E-state index contributed by atoms with van der Waals surface area (Å²) in [6.45, 7) is 3.07. The van der Waals surface area contributed by atoms with Crippen LogP contribution in [0.25, 0.3) is 0 Å². The summed E-state index contributed by atoms with van der Waals surface area (Å²) >= 11 is 0. The first-order chi connectivity index (χ1) is 8.61. The van der Waals surface area contributed by atoms with E-state index in [0.717, 1.165) is 13.1 Å². The first-order valence-corrected chi connectivity index (χ1v) is 5.93. The fourth-order valence-corrected chi connectivity index (χ4v) is 1.99. The lowest BCUT2D eigenvalue weighted by molar-refractivity contribution is 0.0663. The zero-order chi connectivity index (χ0) is 13.1. The predicted octanol–water partition coefficient (Wildman–Crippen LogP) is 1.22. The van der Waals surface area contributed by atoms with E-state index in [0.29, 0.717) is 18.7 Å². The van der Waals surface area contributed by atoms with E-state index in [1.165, 1.54) is 19.2 Å². The molecule has 1 fully saturated rings. The van der Waals surface area contributed by atoms with Gasteiger partial charge in [-0.3, -0.25) is 4.79 Å². The summed E-state index contributed by atoms with van der Waals surface area (Å²) in [6, 6.07) is 4.32. The molecule has 1 saturated heterocycles. The maximum Gasteiger partial charge on any atom is 0.254 e. The molecule has 0 radical (unpaired) electrons. The maximum atomic E-state index is 13.5. The SMILES string of the molecule is COc1ccc(C(=O)N2CCN(C)CC2)cc1F. The van der Waals surface area contributed by atoms with Crippen molar-refractivity contribution in [2.24, 2.45) is 0 Å². The van der Waals surface area contributed by atoms with Crippen molar-refractivity contribution < 1.29 is 13.9 Å². The molecule has 1 heterocycles. The molecular formula is C13H17FN2O2. The number of ether oxygens (including phenoxy) is 1. The van der Waals surface area contributed by atoms with Gasteiger partial charge in [0.25, 0.3) is 5.91 Å². The number of carbonyl (C=O) groups is 1. The molecule has 0 unspecified atom stereocenters. The van der Waals surface area contributed by atoms with Crippen molar-refractivity contribution in [3.8, 4) is 5.75 Å². The van der Waals surface area contributed by atoms with Crippen LogP contribution in [0.5, 0.6) is 5.75 Å². The van der Waals surface area contributed by atoms with Crippen LogP contribution in [0, 0.1) is 5.82 Å². The molecular weight excluding hydrogens is 235 g/mol. The molecule has 0 aromatic heterocycles. The largest absolute Gasteiger partial charge is 0.494 e. The summed E-state index contributed by atoms with van der Waals surface area (Å²) in [5.41, 5.74) is 0.373. The maximum absolute atomic E-state index is 13.5. The van der Waals surface area contributed by atoms with Crippen LogP contribution in [-0.4, -0.2) is 56.0 Å². The highest BCUT2D eigenvalue weighted by Crippen LogP contribution is 2.19. The lowest BCUT2D eigenvalue weighted by atomic mass is 10.1. The smallest absolute Gasteiger partial charge is 0.254 e. The second kappa shape index (κ2) is 5.35. The van der Waals surface area contributed by atoms with Gasteiger partial charge in [0.1, 0.15) is 0 Å². The minimum atomic E-state index is -0.502. The molecule has 5 heteroatoms. The van der Waals surface area contributed by atoms with Crippen molar-refractivity contribution in [2.75, 3.05) is 40.3 Å². The Bertz CT molecular complexity index is 443. The molecule has 1 aliphatic heterocycles. The van der Waals surface area contributed by atoms with Gasteiger partial charge in [-0.15, -0.1) is 0 Å². The van der Waals surface area contributed by atoms with E-state index in [2.05, 4.69) is 4.90 Å². The molecule has 98 valence electrons. The number of hydrogen-bond donors (Lipinski definition) is 0.